The molecule has 2 saturated heterocycles. The zero-order chi connectivity index (χ0) is 66.6. The third kappa shape index (κ3) is 45.7. The molecular weight excluding hydrogens is 1160 g/mol. The summed E-state index contributed by atoms with van der Waals surface area (Å²) in [5.74, 6) is -0.200. The SMILES string of the molecule is CCCCCCC/C=C\C/C=C\C/C=C\CCCCCCCCCCCCCCCCCCCCC(=O)NC(COC1OC(CO)C(OC2OC(CO)C(O)C(O)C2O)C(O)C1O)C(O)CCCCCCCCCCCCCCCCCCCCCCCCCCC. The topological polar surface area (TPSA) is 228 Å². The molecular formula is C78H147NO13. The summed E-state index contributed by atoms with van der Waals surface area (Å²) in [5.41, 5.74) is 0. The smallest absolute Gasteiger partial charge is 0.220 e. The number of allylic oxidation sites excluding steroid dienone is 6. The molecule has 0 radical (unpaired) electrons. The fraction of sp³-hybridized carbons (Fsp3) is 0.910. The van der Waals surface area contributed by atoms with Gasteiger partial charge in [-0.3, -0.25) is 4.79 Å². The van der Waals surface area contributed by atoms with E-state index in [1.54, 1.807) is 0 Å². The number of nitrogens with one attached hydrogen (secondary N) is 1. The minimum absolute atomic E-state index is 0.200. The first-order chi connectivity index (χ1) is 45.1. The maximum absolute atomic E-state index is 13.4. The monoisotopic (exact) mass is 1310 g/mol. The van der Waals surface area contributed by atoms with E-state index < -0.39 is 86.8 Å². The number of hydrogen-bond acceptors (Lipinski definition) is 13. The van der Waals surface area contributed by atoms with Crippen LogP contribution < -0.4 is 5.32 Å². The molecule has 2 rings (SSSR count). The van der Waals surface area contributed by atoms with E-state index >= 15 is 0 Å². The zero-order valence-corrected chi connectivity index (χ0v) is 59.3. The molecule has 92 heavy (non-hydrogen) atoms. The first-order valence-corrected chi connectivity index (χ1v) is 39.2. The highest BCUT2D eigenvalue weighted by Gasteiger charge is 2.51. The van der Waals surface area contributed by atoms with Gasteiger partial charge in [-0.2, -0.15) is 0 Å². The molecule has 0 saturated carbocycles. The Bertz CT molecular complexity index is 1680. The summed E-state index contributed by atoms with van der Waals surface area (Å²) in [7, 11) is 0. The van der Waals surface area contributed by atoms with Gasteiger partial charge in [0, 0.05) is 6.42 Å². The lowest BCUT2D eigenvalue weighted by atomic mass is 9.97. The summed E-state index contributed by atoms with van der Waals surface area (Å²) in [5, 5.41) is 87.8. The van der Waals surface area contributed by atoms with Crippen molar-refractivity contribution in [1.29, 1.82) is 0 Å². The quantitative estimate of drug-likeness (QED) is 0.0204. The van der Waals surface area contributed by atoms with Crippen molar-refractivity contribution in [2.75, 3.05) is 19.8 Å². The van der Waals surface area contributed by atoms with E-state index in [1.165, 1.54) is 270 Å². The molecule has 0 spiro atoms. The Balaban J connectivity index is 1.61. The standard InChI is InChI=1S/C78H147NO13/c1-3-5-7-9-11-13-15-17-19-21-23-25-27-29-30-31-32-33-34-35-36-38-40-42-44-46-48-50-52-54-56-58-60-62-70(83)79-66(65-89-77-75(88)73(86)76(69(64-81)91-77)92-78-74(87)72(85)71(84)68(63-80)90-78)67(82)61-59-57-55-53-51-49-47-45-43-41-39-37-28-26-24-22-20-18-16-14-12-10-8-6-4-2/h15,17,21,23,27,29,66-69,71-78,80-82,84-88H,3-14,16,18-20,22,24-26,28,30-65H2,1-2H3,(H,79,83)/b17-15-,23-21-,29-27-. The van der Waals surface area contributed by atoms with E-state index in [9.17, 15) is 45.6 Å². The van der Waals surface area contributed by atoms with Crippen LogP contribution in [0, 0.1) is 0 Å². The van der Waals surface area contributed by atoms with Crippen molar-refractivity contribution in [1.82, 2.24) is 5.32 Å². The van der Waals surface area contributed by atoms with E-state index in [0.717, 1.165) is 64.2 Å². The first-order valence-electron chi connectivity index (χ1n) is 39.2. The number of hydrogen-bond donors (Lipinski definition) is 9. The van der Waals surface area contributed by atoms with E-state index in [4.69, 9.17) is 18.9 Å². The first kappa shape index (κ1) is 86.3. The number of unbranched alkanes of at least 4 members (excludes halogenated alkanes) is 47. The molecule has 2 fully saturated rings. The summed E-state index contributed by atoms with van der Waals surface area (Å²) in [6.07, 6.45) is 64.6. The molecule has 2 heterocycles. The molecule has 2 aliphatic rings. The van der Waals surface area contributed by atoms with Crippen molar-refractivity contribution in [3.8, 4) is 0 Å². The van der Waals surface area contributed by atoms with Crippen molar-refractivity contribution in [3.05, 3.63) is 36.5 Å². The van der Waals surface area contributed by atoms with E-state index in [0.29, 0.717) is 12.8 Å². The lowest BCUT2D eigenvalue weighted by Gasteiger charge is -2.46. The predicted octanol–water partition coefficient (Wildman–Crippen LogP) is 17.2. The highest BCUT2D eigenvalue weighted by atomic mass is 16.7. The van der Waals surface area contributed by atoms with Crippen molar-refractivity contribution in [3.63, 3.8) is 0 Å². The van der Waals surface area contributed by atoms with Gasteiger partial charge in [-0.25, -0.2) is 0 Å². The van der Waals surface area contributed by atoms with Crippen molar-refractivity contribution in [2.24, 2.45) is 0 Å². The summed E-state index contributed by atoms with van der Waals surface area (Å²) in [6.45, 7) is 2.91. The molecule has 1 amide bonds. The van der Waals surface area contributed by atoms with Crippen LogP contribution in [-0.2, 0) is 23.7 Å². The van der Waals surface area contributed by atoms with Crippen LogP contribution in [-0.4, -0.2) is 140 Å². The summed E-state index contributed by atoms with van der Waals surface area (Å²) < 4.78 is 23.0. The van der Waals surface area contributed by atoms with Gasteiger partial charge in [0.15, 0.2) is 12.6 Å². The number of aliphatic hydroxyl groups excluding tert-OH is 8. The van der Waals surface area contributed by atoms with Crippen LogP contribution in [0.3, 0.4) is 0 Å². The zero-order valence-electron chi connectivity index (χ0n) is 59.3. The van der Waals surface area contributed by atoms with E-state index in [1.807, 2.05) is 0 Å². The van der Waals surface area contributed by atoms with Crippen LogP contribution in [0.2, 0.25) is 0 Å². The highest BCUT2D eigenvalue weighted by molar-refractivity contribution is 5.76. The molecule has 542 valence electrons. The van der Waals surface area contributed by atoms with Gasteiger partial charge >= 0.3 is 0 Å². The Labute approximate surface area is 563 Å². The lowest BCUT2D eigenvalue weighted by molar-refractivity contribution is -0.359. The number of amides is 1. The largest absolute Gasteiger partial charge is 0.394 e. The van der Waals surface area contributed by atoms with Crippen LogP contribution in [0.4, 0.5) is 0 Å². The minimum Gasteiger partial charge on any atom is -0.394 e. The van der Waals surface area contributed by atoms with Gasteiger partial charge in [-0.05, 0) is 51.4 Å². The maximum atomic E-state index is 13.4. The molecule has 14 nitrogen and oxygen atoms in total. The van der Waals surface area contributed by atoms with Gasteiger partial charge in [0.05, 0.1) is 32.0 Å². The van der Waals surface area contributed by atoms with Gasteiger partial charge in [0.1, 0.15) is 48.8 Å². The van der Waals surface area contributed by atoms with Crippen LogP contribution >= 0.6 is 0 Å². The number of ether oxygens (including phenoxy) is 4. The minimum atomic E-state index is -1.78. The Morgan fingerprint density at radius 3 is 1.10 bits per heavy atom. The van der Waals surface area contributed by atoms with Crippen LogP contribution in [0.5, 0.6) is 0 Å². The van der Waals surface area contributed by atoms with Crippen molar-refractivity contribution in [2.45, 2.75) is 434 Å². The average Bonchev–Trinajstić information content (AvgIpc) is 0.829. The second kappa shape index (κ2) is 62.7. The van der Waals surface area contributed by atoms with Gasteiger partial charge in [0.25, 0.3) is 0 Å². The van der Waals surface area contributed by atoms with Gasteiger partial charge < -0.3 is 65.1 Å². The second-order valence-corrected chi connectivity index (χ2v) is 27.8. The van der Waals surface area contributed by atoms with Crippen molar-refractivity contribution < 1.29 is 64.6 Å². The molecule has 0 aromatic carbocycles. The molecule has 12 atom stereocenters. The molecule has 14 heteroatoms. The molecule has 0 aromatic rings. The molecule has 2 aliphatic heterocycles. The van der Waals surface area contributed by atoms with E-state index in [2.05, 4.69) is 55.6 Å². The summed E-state index contributed by atoms with van der Waals surface area (Å²) in [6, 6.07) is -0.829. The summed E-state index contributed by atoms with van der Waals surface area (Å²) in [4.78, 5) is 13.4. The van der Waals surface area contributed by atoms with Crippen LogP contribution in [0.25, 0.3) is 0 Å². The molecule has 0 aliphatic carbocycles. The lowest BCUT2D eigenvalue weighted by Crippen LogP contribution is -2.65. The average molecular weight is 1310 g/mol. The fourth-order valence-electron chi connectivity index (χ4n) is 13.1. The van der Waals surface area contributed by atoms with Crippen LogP contribution in [0.15, 0.2) is 36.5 Å². The van der Waals surface area contributed by atoms with E-state index in [-0.39, 0.29) is 12.5 Å². The third-order valence-electron chi connectivity index (χ3n) is 19.4. The Morgan fingerprint density at radius 2 is 0.717 bits per heavy atom. The Hall–Kier alpha value is -1.79. The van der Waals surface area contributed by atoms with Crippen LogP contribution in [0.1, 0.15) is 361 Å². The van der Waals surface area contributed by atoms with Gasteiger partial charge in [0.2, 0.25) is 5.91 Å². The highest BCUT2D eigenvalue weighted by Crippen LogP contribution is 2.30. The number of carbonyl (C=O) groups excluding carboxylic acids is 1. The predicted molar refractivity (Wildman–Crippen MR) is 378 cm³/mol. The summed E-state index contributed by atoms with van der Waals surface area (Å²) >= 11 is 0. The Morgan fingerprint density at radius 1 is 0.391 bits per heavy atom. The number of rotatable bonds is 66. The van der Waals surface area contributed by atoms with Crippen molar-refractivity contribution >= 4 is 5.91 Å². The Kier molecular flexibility index (Phi) is 58.8. The fourth-order valence-corrected chi connectivity index (χ4v) is 13.1. The molecule has 12 unspecified atom stereocenters. The van der Waals surface area contributed by atoms with Gasteiger partial charge in [-0.15, -0.1) is 0 Å². The number of carbonyl (C=O) groups is 1. The normalized spacial score (nSPS) is 22.8. The molecule has 0 bridgehead atoms. The number of aliphatic hydroxyl groups is 8. The molecule has 9 N–H and O–H groups in total. The second-order valence-electron chi connectivity index (χ2n) is 27.8. The maximum Gasteiger partial charge on any atom is 0.220 e. The van der Waals surface area contributed by atoms with Gasteiger partial charge in [-0.1, -0.05) is 339 Å². The molecule has 0 aromatic heterocycles. The third-order valence-corrected chi connectivity index (χ3v) is 19.4.